The van der Waals surface area contributed by atoms with Gasteiger partial charge in [0.2, 0.25) is 5.69 Å². The highest BCUT2D eigenvalue weighted by atomic mass is 15.3. The highest BCUT2D eigenvalue weighted by Crippen LogP contribution is 2.39. The zero-order valence-electron chi connectivity index (χ0n) is 16.8. The molecule has 4 heterocycles. The van der Waals surface area contributed by atoms with Gasteiger partial charge in [-0.2, -0.15) is 4.57 Å². The Hall–Kier alpha value is -4.13. The number of hydrogen-bond acceptors (Lipinski definition) is 4. The summed E-state index contributed by atoms with van der Waals surface area (Å²) < 4.78 is 6.15. The lowest BCUT2D eigenvalue weighted by atomic mass is 10.1. The average Bonchev–Trinajstić information content (AvgIpc) is 3.35. The molecular weight excluding hydrogens is 386 g/mol. The van der Waals surface area contributed by atoms with Crippen molar-refractivity contribution in [1.82, 2.24) is 29.3 Å². The average molecular weight is 406 g/mol. The van der Waals surface area contributed by atoms with E-state index in [1.54, 1.807) is 18.7 Å². The number of pyridine rings is 2. The predicted octanol–water partition coefficient (Wildman–Crippen LogP) is 3.67. The first-order chi connectivity index (χ1) is 15.3. The Kier molecular flexibility index (Phi) is 4.16. The minimum absolute atomic E-state index is 0.659. The molecule has 1 aliphatic rings. The molecule has 0 saturated heterocycles. The van der Waals surface area contributed by atoms with Crippen LogP contribution in [0.25, 0.3) is 28.5 Å². The zero-order chi connectivity index (χ0) is 20.6. The number of benzene rings is 1. The van der Waals surface area contributed by atoms with Gasteiger partial charge in [-0.1, -0.05) is 12.1 Å². The number of imidazole rings is 1. The van der Waals surface area contributed by atoms with E-state index in [2.05, 4.69) is 72.2 Å². The molecule has 0 amide bonds. The van der Waals surface area contributed by atoms with Gasteiger partial charge in [0.15, 0.2) is 18.2 Å². The van der Waals surface area contributed by atoms with Crippen LogP contribution >= 0.6 is 0 Å². The van der Waals surface area contributed by atoms with Crippen molar-refractivity contribution in [1.29, 1.82) is 0 Å². The minimum atomic E-state index is 0.659. The standard InChI is InChI=1S/C24H20N7/c1-2-19(24-28-27-17-31(24)21-6-10-25-11-7-21)14-22(3-1)29-12-8-20(9-13-29)30-15-23(26-16-30)18-4-5-18/h1-3,6-18H,4-5H2/q+1. The number of rotatable bonds is 5. The SMILES string of the molecule is c1cc(-c2nncn2-c2ccncc2)cc(-[n+]2ccc(-n3cnc(C4CC4)c3)cc2)c1. The first kappa shape index (κ1) is 17.7. The summed E-state index contributed by atoms with van der Waals surface area (Å²) in [6.07, 6.45) is 16.0. The second-order valence-electron chi connectivity index (χ2n) is 7.72. The Morgan fingerprint density at radius 3 is 2.55 bits per heavy atom. The van der Waals surface area contributed by atoms with Gasteiger partial charge in [-0.15, -0.1) is 10.2 Å². The summed E-state index contributed by atoms with van der Waals surface area (Å²) in [5.41, 5.74) is 5.32. The molecule has 1 fully saturated rings. The normalized spacial score (nSPS) is 13.4. The highest BCUT2D eigenvalue weighted by molar-refractivity contribution is 5.60. The van der Waals surface area contributed by atoms with Crippen LogP contribution in [0.3, 0.4) is 0 Å². The molecule has 0 aliphatic heterocycles. The van der Waals surface area contributed by atoms with Crippen LogP contribution in [0, 0.1) is 0 Å². The Morgan fingerprint density at radius 1 is 0.903 bits per heavy atom. The lowest BCUT2D eigenvalue weighted by Gasteiger charge is -2.06. The minimum Gasteiger partial charge on any atom is -0.306 e. The van der Waals surface area contributed by atoms with Crippen LogP contribution in [0.5, 0.6) is 0 Å². The molecule has 7 nitrogen and oxygen atoms in total. The van der Waals surface area contributed by atoms with E-state index in [1.165, 1.54) is 18.5 Å². The summed E-state index contributed by atoms with van der Waals surface area (Å²) in [4.78, 5) is 8.64. The summed E-state index contributed by atoms with van der Waals surface area (Å²) in [6, 6.07) is 16.4. The predicted molar refractivity (Wildman–Crippen MR) is 115 cm³/mol. The molecule has 1 aliphatic carbocycles. The van der Waals surface area contributed by atoms with E-state index in [0.29, 0.717) is 5.92 Å². The van der Waals surface area contributed by atoms with E-state index in [0.717, 1.165) is 28.5 Å². The molecule has 5 aromatic rings. The molecule has 1 aromatic carbocycles. The Bertz CT molecular complexity index is 1330. The van der Waals surface area contributed by atoms with Crippen molar-refractivity contribution < 1.29 is 4.57 Å². The molecule has 0 atom stereocenters. The third kappa shape index (κ3) is 3.40. The van der Waals surface area contributed by atoms with Gasteiger partial charge in [0.05, 0.1) is 23.4 Å². The van der Waals surface area contributed by atoms with Crippen molar-refractivity contribution in [3.63, 3.8) is 0 Å². The molecule has 0 radical (unpaired) electrons. The Labute approximate surface area is 179 Å². The fourth-order valence-corrected chi connectivity index (χ4v) is 3.76. The second kappa shape index (κ2) is 7.28. The molecule has 6 rings (SSSR count). The van der Waals surface area contributed by atoms with Gasteiger partial charge >= 0.3 is 0 Å². The molecule has 0 unspecified atom stereocenters. The van der Waals surface area contributed by atoms with Crippen LogP contribution in [-0.2, 0) is 0 Å². The largest absolute Gasteiger partial charge is 0.306 e. The van der Waals surface area contributed by atoms with Crippen molar-refractivity contribution >= 4 is 0 Å². The van der Waals surface area contributed by atoms with Crippen LogP contribution in [0.2, 0.25) is 0 Å². The lowest BCUT2D eigenvalue weighted by molar-refractivity contribution is -0.595. The van der Waals surface area contributed by atoms with Crippen molar-refractivity contribution in [2.24, 2.45) is 0 Å². The fourth-order valence-electron chi connectivity index (χ4n) is 3.76. The summed E-state index contributed by atoms with van der Waals surface area (Å²) >= 11 is 0. The molecule has 7 heteroatoms. The number of hydrogen-bond donors (Lipinski definition) is 0. The van der Waals surface area contributed by atoms with Crippen LogP contribution in [0.4, 0.5) is 0 Å². The number of aromatic nitrogens is 7. The highest BCUT2D eigenvalue weighted by Gasteiger charge is 2.25. The van der Waals surface area contributed by atoms with E-state index in [4.69, 9.17) is 0 Å². The second-order valence-corrected chi connectivity index (χ2v) is 7.72. The first-order valence-electron chi connectivity index (χ1n) is 10.3. The van der Waals surface area contributed by atoms with Crippen LogP contribution in [-0.4, -0.2) is 29.3 Å². The molecular formula is C24H20N7+. The maximum absolute atomic E-state index is 4.55. The van der Waals surface area contributed by atoms with Crippen molar-refractivity contribution in [3.8, 4) is 28.5 Å². The third-order valence-electron chi connectivity index (χ3n) is 5.60. The van der Waals surface area contributed by atoms with Gasteiger partial charge in [0.1, 0.15) is 6.33 Å². The molecule has 0 N–H and O–H groups in total. The van der Waals surface area contributed by atoms with E-state index < -0.39 is 0 Å². The monoisotopic (exact) mass is 406 g/mol. The van der Waals surface area contributed by atoms with E-state index >= 15 is 0 Å². The lowest BCUT2D eigenvalue weighted by Crippen LogP contribution is -2.29. The van der Waals surface area contributed by atoms with E-state index in [1.807, 2.05) is 35.2 Å². The number of nitrogens with zero attached hydrogens (tertiary/aromatic N) is 7. The van der Waals surface area contributed by atoms with Crippen LogP contribution < -0.4 is 4.57 Å². The van der Waals surface area contributed by atoms with Gasteiger partial charge in [0.25, 0.3) is 0 Å². The van der Waals surface area contributed by atoms with Crippen molar-refractivity contribution in [2.75, 3.05) is 0 Å². The van der Waals surface area contributed by atoms with E-state index in [-0.39, 0.29) is 0 Å². The van der Waals surface area contributed by atoms with Crippen molar-refractivity contribution in [2.45, 2.75) is 18.8 Å². The Balaban J connectivity index is 1.31. The smallest absolute Gasteiger partial charge is 0.211 e. The molecule has 4 aromatic heterocycles. The first-order valence-corrected chi connectivity index (χ1v) is 10.3. The summed E-state index contributed by atoms with van der Waals surface area (Å²) in [6.45, 7) is 0. The summed E-state index contributed by atoms with van der Waals surface area (Å²) in [7, 11) is 0. The topological polar surface area (TPSA) is 65.3 Å². The fraction of sp³-hybridized carbons (Fsp3) is 0.125. The van der Waals surface area contributed by atoms with Gasteiger partial charge in [0, 0.05) is 54.3 Å². The Morgan fingerprint density at radius 2 is 1.74 bits per heavy atom. The molecule has 150 valence electrons. The van der Waals surface area contributed by atoms with Crippen LogP contribution in [0.15, 0.2) is 92.2 Å². The van der Waals surface area contributed by atoms with Gasteiger partial charge < -0.3 is 4.57 Å². The molecule has 0 bridgehead atoms. The summed E-state index contributed by atoms with van der Waals surface area (Å²) in [5.74, 6) is 1.45. The maximum Gasteiger partial charge on any atom is 0.211 e. The van der Waals surface area contributed by atoms with Gasteiger partial charge in [-0.25, -0.2) is 4.98 Å². The van der Waals surface area contributed by atoms with Crippen molar-refractivity contribution in [3.05, 3.63) is 97.9 Å². The zero-order valence-corrected chi connectivity index (χ0v) is 16.8. The van der Waals surface area contributed by atoms with Gasteiger partial charge in [-0.3, -0.25) is 9.55 Å². The van der Waals surface area contributed by atoms with Crippen LogP contribution in [0.1, 0.15) is 24.5 Å². The van der Waals surface area contributed by atoms with E-state index in [9.17, 15) is 0 Å². The molecule has 0 spiro atoms. The quantitative estimate of drug-likeness (QED) is 0.418. The summed E-state index contributed by atoms with van der Waals surface area (Å²) in [5, 5.41) is 8.46. The molecule has 31 heavy (non-hydrogen) atoms. The maximum atomic E-state index is 4.55. The van der Waals surface area contributed by atoms with Gasteiger partial charge in [-0.05, 0) is 25.0 Å². The third-order valence-corrected chi connectivity index (χ3v) is 5.60. The molecule has 1 saturated carbocycles.